The molecule has 3 atom stereocenters. The molecule has 268 valence electrons. The van der Waals surface area contributed by atoms with Gasteiger partial charge in [-0.15, -0.1) is 0 Å². The van der Waals surface area contributed by atoms with Crippen molar-refractivity contribution in [2.75, 3.05) is 33.5 Å². The Hall–Kier alpha value is -4.85. The number of rotatable bonds is 14. The molecule has 14 heteroatoms. The molecule has 3 amide bonds. The molecule has 2 fully saturated rings. The normalized spacial score (nSPS) is 17.6. The molecular formula is C36H46N6O8. The summed E-state index contributed by atoms with van der Waals surface area (Å²) in [6, 6.07) is 4.90. The topological polar surface area (TPSA) is 191 Å². The molecule has 4 N–H and O–H groups in total. The number of aromatic amines is 1. The van der Waals surface area contributed by atoms with Gasteiger partial charge in [-0.05, 0) is 70.1 Å². The molecule has 3 aromatic rings. The van der Waals surface area contributed by atoms with Crippen molar-refractivity contribution >= 4 is 40.4 Å². The van der Waals surface area contributed by atoms with E-state index in [1.807, 2.05) is 19.9 Å². The molecule has 0 aliphatic carbocycles. The van der Waals surface area contributed by atoms with E-state index < -0.39 is 48.2 Å². The van der Waals surface area contributed by atoms with Gasteiger partial charge in [0.25, 0.3) is 5.91 Å². The van der Waals surface area contributed by atoms with Crippen LogP contribution >= 0.6 is 0 Å². The van der Waals surface area contributed by atoms with Gasteiger partial charge in [-0.1, -0.05) is 19.9 Å². The van der Waals surface area contributed by atoms with Crippen LogP contribution < -0.4 is 20.7 Å². The third-order valence-electron chi connectivity index (χ3n) is 9.23. The number of aromatic nitrogens is 3. The molecular weight excluding hydrogens is 644 g/mol. The highest BCUT2D eigenvalue weighted by atomic mass is 16.5. The Morgan fingerprint density at radius 1 is 1.02 bits per heavy atom. The summed E-state index contributed by atoms with van der Waals surface area (Å²) in [5, 5.41) is 9.03. The summed E-state index contributed by atoms with van der Waals surface area (Å²) in [6.45, 7) is 8.29. The summed E-state index contributed by atoms with van der Waals surface area (Å²) in [4.78, 5) is 78.7. The van der Waals surface area contributed by atoms with Gasteiger partial charge < -0.3 is 35.1 Å². The molecule has 50 heavy (non-hydrogen) atoms. The maximum atomic E-state index is 13.8. The zero-order valence-corrected chi connectivity index (χ0v) is 29.2. The minimum atomic E-state index is -1.15. The molecule has 4 heterocycles. The number of aryl methyl sites for hydroxylation is 2. The van der Waals surface area contributed by atoms with Crippen LogP contribution in [0, 0.1) is 25.7 Å². The van der Waals surface area contributed by atoms with E-state index in [2.05, 4.69) is 30.9 Å². The monoisotopic (exact) mass is 690 g/mol. The number of nitrogens with zero attached hydrogens (tertiary/aromatic N) is 2. The standard InChI is InChI=1S/C36H46N6O8/c1-19(2)15-27(42-35(46)28-17-24-25(40-28)7-6-8-30(24)48-5)34(45)41-26(16-23-9-12-37-33(23)44)29(43)18-50-36(47)31-20(3)38-32(39-21(31)4)22-10-13-49-14-11-22/h6-8,17,19,22-23,26-27,40H,9-16,18H2,1-5H3,(H,37,44)(H,41,45)(H,42,46)/t23-,26-,27-/m0/s1. The van der Waals surface area contributed by atoms with Crippen LogP contribution in [-0.2, 0) is 23.9 Å². The van der Waals surface area contributed by atoms with Crippen LogP contribution in [0.3, 0.4) is 0 Å². The van der Waals surface area contributed by atoms with E-state index in [0.29, 0.717) is 60.0 Å². The van der Waals surface area contributed by atoms with Crippen molar-refractivity contribution in [2.24, 2.45) is 11.8 Å². The summed E-state index contributed by atoms with van der Waals surface area (Å²) in [5.41, 5.74) is 2.01. The second-order valence-corrected chi connectivity index (χ2v) is 13.4. The maximum absolute atomic E-state index is 13.8. The van der Waals surface area contributed by atoms with E-state index in [4.69, 9.17) is 14.2 Å². The zero-order chi connectivity index (χ0) is 35.9. The number of H-pyrrole nitrogens is 1. The van der Waals surface area contributed by atoms with Crippen molar-refractivity contribution in [2.45, 2.75) is 77.8 Å². The lowest BCUT2D eigenvalue weighted by atomic mass is 9.95. The second kappa shape index (κ2) is 16.2. The van der Waals surface area contributed by atoms with Crippen LogP contribution in [0.25, 0.3) is 10.9 Å². The molecule has 5 rings (SSSR count). The molecule has 1 aromatic carbocycles. The Labute approximate surface area is 290 Å². The van der Waals surface area contributed by atoms with E-state index in [1.54, 1.807) is 39.2 Å². The molecule has 0 saturated carbocycles. The number of methoxy groups -OCH3 is 1. The smallest absolute Gasteiger partial charge is 0.342 e. The van der Waals surface area contributed by atoms with E-state index in [0.717, 1.165) is 12.8 Å². The van der Waals surface area contributed by atoms with Gasteiger partial charge in [0.15, 0.2) is 12.4 Å². The van der Waals surface area contributed by atoms with Crippen LogP contribution in [0.1, 0.15) is 89.9 Å². The van der Waals surface area contributed by atoms with Crippen molar-refractivity contribution in [1.29, 1.82) is 0 Å². The van der Waals surface area contributed by atoms with E-state index in [1.165, 1.54) is 0 Å². The Kier molecular flexibility index (Phi) is 11.8. The van der Waals surface area contributed by atoms with Crippen molar-refractivity contribution in [3.05, 3.63) is 52.7 Å². The number of nitrogens with one attached hydrogen (secondary N) is 4. The fourth-order valence-electron chi connectivity index (χ4n) is 6.55. The van der Waals surface area contributed by atoms with Crippen LogP contribution in [-0.4, -0.2) is 90.0 Å². The molecule has 14 nitrogen and oxygen atoms in total. The van der Waals surface area contributed by atoms with Gasteiger partial charge in [-0.2, -0.15) is 0 Å². The fraction of sp³-hybridized carbons (Fsp3) is 0.528. The number of esters is 1. The largest absolute Gasteiger partial charge is 0.496 e. The average molecular weight is 691 g/mol. The number of hydrogen-bond donors (Lipinski definition) is 4. The number of ether oxygens (including phenoxy) is 3. The minimum absolute atomic E-state index is 0.0103. The number of hydrogen-bond acceptors (Lipinski definition) is 10. The lowest BCUT2D eigenvalue weighted by Crippen LogP contribution is -2.53. The number of fused-ring (bicyclic) bond motifs is 1. The number of carbonyl (C=O) groups excluding carboxylic acids is 5. The predicted molar refractivity (Wildman–Crippen MR) is 183 cm³/mol. The van der Waals surface area contributed by atoms with Crippen molar-refractivity contribution in [1.82, 2.24) is 30.9 Å². The van der Waals surface area contributed by atoms with Gasteiger partial charge in [0, 0.05) is 42.5 Å². The van der Waals surface area contributed by atoms with E-state index >= 15 is 0 Å². The SMILES string of the molecule is COc1cccc2[nH]c(C(=O)N[C@@H](CC(C)C)C(=O)N[C@@H](C[C@@H]3CCNC3=O)C(=O)COC(=O)c3c(C)nc(C4CCOCC4)nc3C)cc12. The van der Waals surface area contributed by atoms with Crippen LogP contribution in [0.15, 0.2) is 24.3 Å². The molecule has 2 aromatic heterocycles. The summed E-state index contributed by atoms with van der Waals surface area (Å²) in [5.74, 6) is -1.78. The molecule has 2 aliphatic heterocycles. The average Bonchev–Trinajstić information content (AvgIpc) is 3.72. The van der Waals surface area contributed by atoms with Crippen LogP contribution in [0.5, 0.6) is 5.75 Å². The summed E-state index contributed by atoms with van der Waals surface area (Å²) < 4.78 is 16.3. The van der Waals surface area contributed by atoms with Crippen molar-refractivity contribution in [3.63, 3.8) is 0 Å². The number of Topliss-reactive ketones (excluding diaryl/α,β-unsaturated/α-hetero) is 1. The number of ketones is 1. The fourth-order valence-corrected chi connectivity index (χ4v) is 6.55. The Bertz CT molecular complexity index is 1720. The summed E-state index contributed by atoms with van der Waals surface area (Å²) in [6.07, 6.45) is 2.37. The van der Waals surface area contributed by atoms with Crippen molar-refractivity contribution < 1.29 is 38.2 Å². The summed E-state index contributed by atoms with van der Waals surface area (Å²) in [7, 11) is 1.54. The molecule has 0 unspecified atom stereocenters. The van der Waals surface area contributed by atoms with Crippen molar-refractivity contribution in [3.8, 4) is 5.75 Å². The quantitative estimate of drug-likeness (QED) is 0.183. The van der Waals surface area contributed by atoms with E-state index in [9.17, 15) is 24.0 Å². The molecule has 0 radical (unpaired) electrons. The molecule has 0 spiro atoms. The highest BCUT2D eigenvalue weighted by Crippen LogP contribution is 2.27. The first-order valence-corrected chi connectivity index (χ1v) is 17.1. The highest BCUT2D eigenvalue weighted by molar-refractivity contribution is 6.02. The van der Waals surface area contributed by atoms with Crippen LogP contribution in [0.2, 0.25) is 0 Å². The van der Waals surface area contributed by atoms with Gasteiger partial charge in [-0.3, -0.25) is 19.2 Å². The Balaban J connectivity index is 1.29. The third kappa shape index (κ3) is 8.65. The zero-order valence-electron chi connectivity index (χ0n) is 29.2. The van der Waals surface area contributed by atoms with Gasteiger partial charge in [0.1, 0.15) is 28.9 Å². The summed E-state index contributed by atoms with van der Waals surface area (Å²) >= 11 is 0. The first-order chi connectivity index (χ1) is 23.9. The van der Waals surface area contributed by atoms with E-state index in [-0.39, 0.29) is 41.8 Å². The highest BCUT2D eigenvalue weighted by Gasteiger charge is 2.34. The lowest BCUT2D eigenvalue weighted by molar-refractivity contribution is -0.131. The third-order valence-corrected chi connectivity index (χ3v) is 9.23. The minimum Gasteiger partial charge on any atom is -0.496 e. The Morgan fingerprint density at radius 2 is 1.74 bits per heavy atom. The van der Waals surface area contributed by atoms with Crippen LogP contribution in [0.4, 0.5) is 0 Å². The Morgan fingerprint density at radius 3 is 2.38 bits per heavy atom. The van der Waals surface area contributed by atoms with Gasteiger partial charge in [0.2, 0.25) is 11.8 Å². The first kappa shape index (κ1) is 36.4. The molecule has 2 aliphatic rings. The lowest BCUT2D eigenvalue weighted by Gasteiger charge is -2.25. The molecule has 2 saturated heterocycles. The number of carbonyl (C=O) groups is 5. The van der Waals surface area contributed by atoms with Gasteiger partial charge in [-0.25, -0.2) is 14.8 Å². The number of benzene rings is 1. The van der Waals surface area contributed by atoms with Gasteiger partial charge in [0.05, 0.1) is 24.5 Å². The first-order valence-electron chi connectivity index (χ1n) is 17.1. The maximum Gasteiger partial charge on any atom is 0.342 e. The van der Waals surface area contributed by atoms with Gasteiger partial charge >= 0.3 is 5.97 Å². The molecule has 0 bridgehead atoms. The number of amides is 3. The predicted octanol–water partition coefficient (Wildman–Crippen LogP) is 3.06. The second-order valence-electron chi connectivity index (χ2n) is 13.4.